The Labute approximate surface area is 112 Å². The van der Waals surface area contributed by atoms with Crippen molar-refractivity contribution in [3.63, 3.8) is 0 Å². The zero-order chi connectivity index (χ0) is 12.5. The van der Waals surface area contributed by atoms with E-state index in [1.807, 2.05) is 29.3 Å². The molecular weight excluding hydrogens is 242 g/mol. The minimum atomic E-state index is 0.356. The standard InChI is InChI=1S/C14H19N3S/c1-10(11-8-15-17(2)9-11)16-13-4-3-5-14-12(13)6-7-18-14/h6-10,13,16H,3-5H2,1-2H3. The van der Waals surface area contributed by atoms with Crippen LogP contribution in [0.4, 0.5) is 0 Å². The Hall–Kier alpha value is -1.13. The van der Waals surface area contributed by atoms with Crippen LogP contribution >= 0.6 is 11.3 Å². The number of fused-ring (bicyclic) bond motifs is 1. The minimum absolute atomic E-state index is 0.356. The van der Waals surface area contributed by atoms with Gasteiger partial charge in [-0.25, -0.2) is 0 Å². The van der Waals surface area contributed by atoms with Gasteiger partial charge in [0.25, 0.3) is 0 Å². The van der Waals surface area contributed by atoms with Crippen LogP contribution in [-0.4, -0.2) is 9.78 Å². The summed E-state index contributed by atoms with van der Waals surface area (Å²) < 4.78 is 1.87. The summed E-state index contributed by atoms with van der Waals surface area (Å²) in [6.45, 7) is 2.22. The molecule has 3 nitrogen and oxygen atoms in total. The van der Waals surface area contributed by atoms with Gasteiger partial charge in [0.15, 0.2) is 0 Å². The van der Waals surface area contributed by atoms with Crippen molar-refractivity contribution in [2.45, 2.75) is 38.3 Å². The van der Waals surface area contributed by atoms with Gasteiger partial charge >= 0.3 is 0 Å². The highest BCUT2D eigenvalue weighted by atomic mass is 32.1. The van der Waals surface area contributed by atoms with Crippen molar-refractivity contribution >= 4 is 11.3 Å². The Morgan fingerprint density at radius 3 is 3.22 bits per heavy atom. The molecule has 2 atom stereocenters. The molecule has 0 saturated carbocycles. The maximum atomic E-state index is 4.24. The number of hydrogen-bond acceptors (Lipinski definition) is 3. The van der Waals surface area contributed by atoms with Gasteiger partial charge in [-0.2, -0.15) is 5.10 Å². The second-order valence-electron chi connectivity index (χ2n) is 5.08. The van der Waals surface area contributed by atoms with Gasteiger partial charge in [0, 0.05) is 35.8 Å². The molecule has 2 aromatic heterocycles. The third-order valence-electron chi connectivity index (χ3n) is 3.73. The number of aromatic nitrogens is 2. The van der Waals surface area contributed by atoms with Crippen LogP contribution in [0.25, 0.3) is 0 Å². The number of nitrogens with one attached hydrogen (secondary N) is 1. The summed E-state index contributed by atoms with van der Waals surface area (Å²) in [7, 11) is 1.97. The van der Waals surface area contributed by atoms with E-state index in [9.17, 15) is 0 Å². The van der Waals surface area contributed by atoms with E-state index in [4.69, 9.17) is 0 Å². The first-order chi connectivity index (χ1) is 8.74. The molecule has 2 aromatic rings. The van der Waals surface area contributed by atoms with Crippen LogP contribution in [0.2, 0.25) is 0 Å². The van der Waals surface area contributed by atoms with Crippen LogP contribution in [0.15, 0.2) is 23.8 Å². The van der Waals surface area contributed by atoms with Crippen LogP contribution in [0.1, 0.15) is 47.9 Å². The van der Waals surface area contributed by atoms with Gasteiger partial charge in [-0.1, -0.05) is 0 Å². The lowest BCUT2D eigenvalue weighted by molar-refractivity contribution is 0.418. The summed E-state index contributed by atoms with van der Waals surface area (Å²) in [5.41, 5.74) is 2.78. The summed E-state index contributed by atoms with van der Waals surface area (Å²) in [4.78, 5) is 1.57. The maximum Gasteiger partial charge on any atom is 0.0537 e. The summed E-state index contributed by atoms with van der Waals surface area (Å²) in [5.74, 6) is 0. The molecule has 1 aliphatic carbocycles. The zero-order valence-corrected chi connectivity index (χ0v) is 11.7. The zero-order valence-electron chi connectivity index (χ0n) is 10.9. The Bertz CT molecular complexity index is 529. The van der Waals surface area contributed by atoms with Crippen molar-refractivity contribution < 1.29 is 0 Å². The molecular formula is C14H19N3S. The molecule has 0 aliphatic heterocycles. The SMILES string of the molecule is CC(NC1CCCc2sccc21)c1cnn(C)c1. The average molecular weight is 261 g/mol. The van der Waals surface area contributed by atoms with Gasteiger partial charge in [0.2, 0.25) is 0 Å². The molecule has 0 spiro atoms. The number of aryl methyl sites for hydroxylation is 2. The van der Waals surface area contributed by atoms with E-state index >= 15 is 0 Å². The Balaban J connectivity index is 1.74. The molecule has 0 radical (unpaired) electrons. The quantitative estimate of drug-likeness (QED) is 0.919. The Morgan fingerprint density at radius 1 is 1.56 bits per heavy atom. The van der Waals surface area contributed by atoms with E-state index in [1.54, 1.807) is 4.88 Å². The highest BCUT2D eigenvalue weighted by Crippen LogP contribution is 2.34. The van der Waals surface area contributed by atoms with Gasteiger partial charge in [-0.05, 0) is 43.2 Å². The highest BCUT2D eigenvalue weighted by Gasteiger charge is 2.22. The van der Waals surface area contributed by atoms with Crippen LogP contribution in [0, 0.1) is 0 Å². The lowest BCUT2D eigenvalue weighted by Crippen LogP contribution is -2.26. The second kappa shape index (κ2) is 4.86. The molecule has 18 heavy (non-hydrogen) atoms. The topological polar surface area (TPSA) is 29.9 Å². The monoisotopic (exact) mass is 261 g/mol. The lowest BCUT2D eigenvalue weighted by atomic mass is 9.93. The fraction of sp³-hybridized carbons (Fsp3) is 0.500. The summed E-state index contributed by atoms with van der Waals surface area (Å²) in [6, 6.07) is 3.15. The smallest absolute Gasteiger partial charge is 0.0537 e. The van der Waals surface area contributed by atoms with Crippen molar-refractivity contribution in [2.24, 2.45) is 7.05 Å². The van der Waals surface area contributed by atoms with Gasteiger partial charge in [0.05, 0.1) is 6.20 Å². The molecule has 2 unspecified atom stereocenters. The van der Waals surface area contributed by atoms with Crippen LogP contribution in [0.5, 0.6) is 0 Å². The fourth-order valence-electron chi connectivity index (χ4n) is 2.72. The van der Waals surface area contributed by atoms with Crippen molar-refractivity contribution in [3.8, 4) is 0 Å². The molecule has 96 valence electrons. The van der Waals surface area contributed by atoms with E-state index < -0.39 is 0 Å². The van der Waals surface area contributed by atoms with E-state index in [0.717, 1.165) is 0 Å². The van der Waals surface area contributed by atoms with Crippen molar-refractivity contribution in [3.05, 3.63) is 39.8 Å². The van der Waals surface area contributed by atoms with Crippen LogP contribution in [-0.2, 0) is 13.5 Å². The number of rotatable bonds is 3. The van der Waals surface area contributed by atoms with E-state index in [-0.39, 0.29) is 0 Å². The van der Waals surface area contributed by atoms with E-state index in [2.05, 4.69) is 35.0 Å². The van der Waals surface area contributed by atoms with Gasteiger partial charge < -0.3 is 5.32 Å². The summed E-state index contributed by atoms with van der Waals surface area (Å²) in [6.07, 6.45) is 7.84. The van der Waals surface area contributed by atoms with E-state index in [1.165, 1.54) is 30.4 Å². The lowest BCUT2D eigenvalue weighted by Gasteiger charge is -2.26. The predicted molar refractivity (Wildman–Crippen MR) is 74.8 cm³/mol. The fourth-order valence-corrected chi connectivity index (χ4v) is 3.71. The Kier molecular flexibility index (Phi) is 3.22. The largest absolute Gasteiger partial charge is 0.303 e. The third kappa shape index (κ3) is 2.22. The molecule has 0 amide bonds. The van der Waals surface area contributed by atoms with Crippen LogP contribution < -0.4 is 5.32 Å². The molecule has 0 saturated heterocycles. The normalized spacial score (nSPS) is 20.7. The molecule has 2 heterocycles. The first-order valence-electron chi connectivity index (χ1n) is 6.55. The van der Waals surface area contributed by atoms with Crippen molar-refractivity contribution in [1.29, 1.82) is 0 Å². The predicted octanol–water partition coefficient (Wildman–Crippen LogP) is 3.21. The Morgan fingerprint density at radius 2 is 2.44 bits per heavy atom. The molecule has 0 fully saturated rings. The van der Waals surface area contributed by atoms with Gasteiger partial charge in [-0.3, -0.25) is 4.68 Å². The molecule has 0 aromatic carbocycles. The van der Waals surface area contributed by atoms with Crippen molar-refractivity contribution in [2.75, 3.05) is 0 Å². The highest BCUT2D eigenvalue weighted by molar-refractivity contribution is 7.10. The molecule has 1 aliphatic rings. The molecule has 0 bridgehead atoms. The van der Waals surface area contributed by atoms with E-state index in [0.29, 0.717) is 12.1 Å². The molecule has 1 N–H and O–H groups in total. The molecule has 3 rings (SSSR count). The number of hydrogen-bond donors (Lipinski definition) is 1. The molecule has 4 heteroatoms. The summed E-state index contributed by atoms with van der Waals surface area (Å²) in [5, 5.41) is 10.2. The average Bonchev–Trinajstić information content (AvgIpc) is 2.97. The van der Waals surface area contributed by atoms with Crippen molar-refractivity contribution in [1.82, 2.24) is 15.1 Å². The summed E-state index contributed by atoms with van der Waals surface area (Å²) >= 11 is 1.90. The van der Waals surface area contributed by atoms with Gasteiger partial charge in [0.1, 0.15) is 0 Å². The second-order valence-corrected chi connectivity index (χ2v) is 6.08. The van der Waals surface area contributed by atoms with Crippen LogP contribution in [0.3, 0.4) is 0 Å². The minimum Gasteiger partial charge on any atom is -0.303 e. The van der Waals surface area contributed by atoms with Gasteiger partial charge in [-0.15, -0.1) is 11.3 Å². The first kappa shape index (κ1) is 11.9. The third-order valence-corrected chi connectivity index (χ3v) is 4.72. The number of nitrogens with zero attached hydrogens (tertiary/aromatic N) is 2. The first-order valence-corrected chi connectivity index (χ1v) is 7.43. The number of thiophene rings is 1. The maximum absolute atomic E-state index is 4.24.